The van der Waals surface area contributed by atoms with Crippen LogP contribution in [0.2, 0.25) is 0 Å². The third-order valence-corrected chi connectivity index (χ3v) is 2.85. The minimum Gasteiger partial charge on any atom is -0.362 e. The molecule has 0 amide bonds. The Morgan fingerprint density at radius 2 is 2.25 bits per heavy atom. The van der Waals surface area contributed by atoms with E-state index in [1.165, 1.54) is 6.07 Å². The highest BCUT2D eigenvalue weighted by Gasteiger charge is 2.17. The highest BCUT2D eigenvalue weighted by molar-refractivity contribution is 5.55. The molecular weight excluding hydrogens is 206 g/mol. The van der Waals surface area contributed by atoms with E-state index < -0.39 is 4.92 Å². The molecule has 1 N–H and O–H groups in total. The summed E-state index contributed by atoms with van der Waals surface area (Å²) < 4.78 is 0. The van der Waals surface area contributed by atoms with Gasteiger partial charge >= 0.3 is 5.69 Å². The van der Waals surface area contributed by atoms with Gasteiger partial charge in [0.2, 0.25) is 5.82 Å². The second-order valence-corrected chi connectivity index (χ2v) is 3.95. The van der Waals surface area contributed by atoms with Gasteiger partial charge in [0, 0.05) is 18.3 Å². The molecule has 5 nitrogen and oxygen atoms in total. The molecule has 0 aliphatic rings. The molecule has 1 aromatic heterocycles. The quantitative estimate of drug-likeness (QED) is 0.615. The van der Waals surface area contributed by atoms with Crippen molar-refractivity contribution in [2.24, 2.45) is 5.92 Å². The molecule has 0 fully saturated rings. The fourth-order valence-corrected chi connectivity index (χ4v) is 1.37. The molecular formula is C11H17N3O2. The first-order valence-electron chi connectivity index (χ1n) is 5.42. The number of anilines is 1. The molecule has 0 aliphatic carbocycles. The lowest BCUT2D eigenvalue weighted by Crippen LogP contribution is -2.24. The van der Waals surface area contributed by atoms with Crippen molar-refractivity contribution in [2.75, 3.05) is 5.32 Å². The Morgan fingerprint density at radius 1 is 1.56 bits per heavy atom. The molecule has 1 heterocycles. The lowest BCUT2D eigenvalue weighted by Gasteiger charge is -2.20. The van der Waals surface area contributed by atoms with Gasteiger partial charge in [-0.2, -0.15) is 0 Å². The van der Waals surface area contributed by atoms with Crippen LogP contribution in [0.15, 0.2) is 18.3 Å². The topological polar surface area (TPSA) is 68.1 Å². The maximum absolute atomic E-state index is 10.8. The fourth-order valence-electron chi connectivity index (χ4n) is 1.37. The summed E-state index contributed by atoms with van der Waals surface area (Å²) in [6.45, 7) is 6.20. The van der Waals surface area contributed by atoms with E-state index in [2.05, 4.69) is 24.1 Å². The predicted octanol–water partition coefficient (Wildman–Crippen LogP) is 2.84. The van der Waals surface area contributed by atoms with E-state index in [0.29, 0.717) is 11.7 Å². The van der Waals surface area contributed by atoms with Crippen molar-refractivity contribution in [3.8, 4) is 0 Å². The van der Waals surface area contributed by atoms with Crippen LogP contribution in [0, 0.1) is 16.0 Å². The SMILES string of the molecule is CC[C@H](C)[C@@H](C)Nc1ncccc1[N+](=O)[O-]. The van der Waals surface area contributed by atoms with Gasteiger partial charge < -0.3 is 5.32 Å². The van der Waals surface area contributed by atoms with Gasteiger partial charge in [0.15, 0.2) is 0 Å². The van der Waals surface area contributed by atoms with Crippen molar-refractivity contribution >= 4 is 11.5 Å². The van der Waals surface area contributed by atoms with Crippen LogP contribution in [-0.2, 0) is 0 Å². The van der Waals surface area contributed by atoms with Crippen molar-refractivity contribution in [3.05, 3.63) is 28.4 Å². The molecule has 88 valence electrons. The Kier molecular flexibility index (Phi) is 4.22. The van der Waals surface area contributed by atoms with Crippen LogP contribution in [0.1, 0.15) is 27.2 Å². The molecule has 0 radical (unpaired) electrons. The van der Waals surface area contributed by atoms with Crippen molar-refractivity contribution in [1.82, 2.24) is 4.98 Å². The molecule has 16 heavy (non-hydrogen) atoms. The Labute approximate surface area is 95.0 Å². The summed E-state index contributed by atoms with van der Waals surface area (Å²) in [4.78, 5) is 14.4. The van der Waals surface area contributed by atoms with E-state index in [1.54, 1.807) is 12.3 Å². The van der Waals surface area contributed by atoms with E-state index in [9.17, 15) is 10.1 Å². The minimum atomic E-state index is -0.418. The van der Waals surface area contributed by atoms with E-state index in [1.807, 2.05) is 6.92 Å². The van der Waals surface area contributed by atoms with E-state index in [-0.39, 0.29) is 11.7 Å². The summed E-state index contributed by atoms with van der Waals surface area (Å²) in [6, 6.07) is 3.19. The van der Waals surface area contributed by atoms with Gasteiger partial charge in [-0.3, -0.25) is 10.1 Å². The van der Waals surface area contributed by atoms with Crippen LogP contribution < -0.4 is 5.32 Å². The highest BCUT2D eigenvalue weighted by Crippen LogP contribution is 2.22. The maximum atomic E-state index is 10.8. The van der Waals surface area contributed by atoms with Gasteiger partial charge in [0.25, 0.3) is 0 Å². The molecule has 1 aromatic rings. The predicted molar refractivity (Wildman–Crippen MR) is 63.4 cm³/mol. The zero-order valence-electron chi connectivity index (χ0n) is 9.80. The molecule has 0 spiro atoms. The molecule has 2 atom stereocenters. The Bertz CT molecular complexity index is 368. The van der Waals surface area contributed by atoms with Gasteiger partial charge in [-0.15, -0.1) is 0 Å². The lowest BCUT2D eigenvalue weighted by atomic mass is 10.0. The van der Waals surface area contributed by atoms with E-state index >= 15 is 0 Å². The minimum absolute atomic E-state index is 0.0256. The Morgan fingerprint density at radius 3 is 2.81 bits per heavy atom. The summed E-state index contributed by atoms with van der Waals surface area (Å²) in [5.74, 6) is 0.793. The molecule has 0 saturated carbocycles. The van der Waals surface area contributed by atoms with E-state index in [0.717, 1.165) is 6.42 Å². The van der Waals surface area contributed by atoms with Gasteiger partial charge in [-0.25, -0.2) is 4.98 Å². The number of hydrogen-bond donors (Lipinski definition) is 1. The lowest BCUT2D eigenvalue weighted by molar-refractivity contribution is -0.384. The van der Waals surface area contributed by atoms with Crippen molar-refractivity contribution in [2.45, 2.75) is 33.2 Å². The molecule has 0 aliphatic heterocycles. The fraction of sp³-hybridized carbons (Fsp3) is 0.545. The molecule has 0 aromatic carbocycles. The Hall–Kier alpha value is -1.65. The second-order valence-electron chi connectivity index (χ2n) is 3.95. The van der Waals surface area contributed by atoms with Crippen molar-refractivity contribution < 1.29 is 4.92 Å². The third-order valence-electron chi connectivity index (χ3n) is 2.85. The standard InChI is InChI=1S/C11H17N3O2/c1-4-8(2)9(3)13-11-10(14(15)16)6-5-7-12-11/h5-9H,4H2,1-3H3,(H,12,13)/t8-,9+/m0/s1. The number of nitrogens with one attached hydrogen (secondary N) is 1. The number of rotatable bonds is 5. The molecule has 1 rings (SSSR count). The monoisotopic (exact) mass is 223 g/mol. The third kappa shape index (κ3) is 2.92. The first-order chi connectivity index (χ1) is 7.56. The average molecular weight is 223 g/mol. The van der Waals surface area contributed by atoms with Crippen LogP contribution in [0.5, 0.6) is 0 Å². The van der Waals surface area contributed by atoms with Crippen LogP contribution >= 0.6 is 0 Å². The molecule has 0 bridgehead atoms. The normalized spacial score (nSPS) is 14.2. The number of pyridine rings is 1. The number of aromatic nitrogens is 1. The average Bonchev–Trinajstić information content (AvgIpc) is 2.28. The number of nitro groups is 1. The first-order valence-corrected chi connectivity index (χ1v) is 5.42. The van der Waals surface area contributed by atoms with Gasteiger partial charge in [0.1, 0.15) is 0 Å². The molecule has 5 heteroatoms. The van der Waals surface area contributed by atoms with Crippen LogP contribution in [0.3, 0.4) is 0 Å². The van der Waals surface area contributed by atoms with Crippen LogP contribution in [0.25, 0.3) is 0 Å². The number of hydrogen-bond acceptors (Lipinski definition) is 4. The zero-order chi connectivity index (χ0) is 12.1. The van der Waals surface area contributed by atoms with Crippen molar-refractivity contribution in [1.29, 1.82) is 0 Å². The second kappa shape index (κ2) is 5.44. The zero-order valence-corrected chi connectivity index (χ0v) is 9.80. The first kappa shape index (κ1) is 12.4. The summed E-state index contributed by atoms with van der Waals surface area (Å²) >= 11 is 0. The van der Waals surface area contributed by atoms with Crippen LogP contribution in [0.4, 0.5) is 11.5 Å². The summed E-state index contributed by atoms with van der Waals surface area (Å²) in [6.07, 6.45) is 2.58. The van der Waals surface area contributed by atoms with Gasteiger partial charge in [-0.05, 0) is 18.9 Å². The van der Waals surface area contributed by atoms with E-state index in [4.69, 9.17) is 0 Å². The highest BCUT2D eigenvalue weighted by atomic mass is 16.6. The summed E-state index contributed by atoms with van der Waals surface area (Å²) in [5.41, 5.74) is 0.0256. The van der Waals surface area contributed by atoms with Gasteiger partial charge in [-0.1, -0.05) is 20.3 Å². The Balaban J connectivity index is 2.84. The molecule has 0 unspecified atom stereocenters. The smallest absolute Gasteiger partial charge is 0.311 e. The van der Waals surface area contributed by atoms with Gasteiger partial charge in [0.05, 0.1) is 4.92 Å². The summed E-state index contributed by atoms with van der Waals surface area (Å²) in [7, 11) is 0. The number of nitrogens with zero attached hydrogens (tertiary/aromatic N) is 2. The van der Waals surface area contributed by atoms with Crippen molar-refractivity contribution in [3.63, 3.8) is 0 Å². The largest absolute Gasteiger partial charge is 0.362 e. The summed E-state index contributed by atoms with van der Waals surface area (Å²) in [5, 5.41) is 13.9. The molecule has 0 saturated heterocycles. The van der Waals surface area contributed by atoms with Crippen LogP contribution in [-0.4, -0.2) is 15.9 Å². The maximum Gasteiger partial charge on any atom is 0.311 e.